The first kappa shape index (κ1) is 22.1. The summed E-state index contributed by atoms with van der Waals surface area (Å²) in [5.74, 6) is -0.738. The lowest BCUT2D eigenvalue weighted by atomic mass is 9.96. The Morgan fingerprint density at radius 2 is 1.72 bits per heavy atom. The topological polar surface area (TPSA) is 100 Å². The molecule has 152 valence electrons. The summed E-state index contributed by atoms with van der Waals surface area (Å²) in [6, 6.07) is 5.67. The van der Waals surface area contributed by atoms with Crippen molar-refractivity contribution in [1.29, 1.82) is 5.26 Å². The molecule has 0 aliphatic heterocycles. The number of carbonyl (C=O) groups excluding carboxylic acids is 2. The van der Waals surface area contributed by atoms with Crippen molar-refractivity contribution in [3.8, 4) is 6.07 Å². The van der Waals surface area contributed by atoms with Crippen LogP contribution in [0.15, 0.2) is 16.9 Å². The van der Waals surface area contributed by atoms with Crippen LogP contribution < -0.4 is 5.56 Å². The molecule has 0 saturated heterocycles. The van der Waals surface area contributed by atoms with Crippen LogP contribution in [0, 0.1) is 45.9 Å². The first-order valence-electron chi connectivity index (χ1n) is 9.50. The smallest absolute Gasteiger partial charge is 0.306 e. The molecule has 0 radical (unpaired) electrons. The van der Waals surface area contributed by atoms with Crippen molar-refractivity contribution in [2.24, 2.45) is 0 Å². The van der Waals surface area contributed by atoms with Crippen LogP contribution in [-0.2, 0) is 16.0 Å². The van der Waals surface area contributed by atoms with Crippen LogP contribution in [0.3, 0.4) is 0 Å². The molecule has 2 rings (SSSR count). The minimum Gasteiger partial charge on any atom is -0.454 e. The SMILES string of the molecule is Cc1cc(C)c(C(=O)[C@@H](C)OC(=O)CCc2c(C)[nH]c(=O)c(C#N)c2C)cc1C. The molecule has 0 aliphatic carbocycles. The number of nitrogens with one attached hydrogen (secondary N) is 1. The molecule has 0 saturated carbocycles. The standard InChI is InChI=1S/C23H26N2O4/c1-12-9-14(3)19(10-13(12)2)22(27)17(6)29-21(26)8-7-18-15(4)20(11-24)23(28)25-16(18)5/h9-10,17H,7-8H2,1-6H3,(H,25,28)/t17-/m1/s1. The Morgan fingerprint density at radius 1 is 1.10 bits per heavy atom. The van der Waals surface area contributed by atoms with Gasteiger partial charge in [-0.05, 0) is 81.8 Å². The zero-order valence-electron chi connectivity index (χ0n) is 17.7. The van der Waals surface area contributed by atoms with Gasteiger partial charge in [-0.1, -0.05) is 6.07 Å². The number of esters is 1. The van der Waals surface area contributed by atoms with Crippen molar-refractivity contribution in [3.63, 3.8) is 0 Å². The highest BCUT2D eigenvalue weighted by Gasteiger charge is 2.22. The quantitative estimate of drug-likeness (QED) is 0.597. The van der Waals surface area contributed by atoms with Gasteiger partial charge in [0.1, 0.15) is 11.6 Å². The van der Waals surface area contributed by atoms with E-state index in [1.807, 2.05) is 39.0 Å². The monoisotopic (exact) mass is 394 g/mol. The maximum Gasteiger partial charge on any atom is 0.306 e. The Morgan fingerprint density at radius 3 is 2.34 bits per heavy atom. The number of rotatable bonds is 6. The van der Waals surface area contributed by atoms with Gasteiger partial charge in [0, 0.05) is 17.7 Å². The molecule has 1 heterocycles. The Hall–Kier alpha value is -3.20. The van der Waals surface area contributed by atoms with Gasteiger partial charge in [0.15, 0.2) is 6.10 Å². The minimum atomic E-state index is -0.893. The summed E-state index contributed by atoms with van der Waals surface area (Å²) < 4.78 is 5.35. The lowest BCUT2D eigenvalue weighted by molar-refractivity contribution is -0.146. The third-order valence-corrected chi connectivity index (χ3v) is 5.28. The number of aromatic amines is 1. The highest BCUT2D eigenvalue weighted by Crippen LogP contribution is 2.19. The number of Topliss-reactive ketones (excluding diaryl/α,β-unsaturated/α-hetero) is 1. The van der Waals surface area contributed by atoms with Crippen molar-refractivity contribution in [2.45, 2.75) is 60.5 Å². The molecule has 1 atom stereocenters. The van der Waals surface area contributed by atoms with Gasteiger partial charge in [-0.2, -0.15) is 5.26 Å². The molecule has 1 aromatic heterocycles. The van der Waals surface area contributed by atoms with Gasteiger partial charge in [0.2, 0.25) is 5.78 Å². The van der Waals surface area contributed by atoms with Crippen LogP contribution in [0.25, 0.3) is 0 Å². The highest BCUT2D eigenvalue weighted by molar-refractivity contribution is 6.01. The zero-order valence-corrected chi connectivity index (χ0v) is 17.7. The summed E-state index contributed by atoms with van der Waals surface area (Å²) in [4.78, 5) is 39.5. The molecule has 6 nitrogen and oxygen atoms in total. The van der Waals surface area contributed by atoms with Crippen LogP contribution in [0.1, 0.15) is 62.8 Å². The fourth-order valence-corrected chi connectivity index (χ4v) is 3.40. The van der Waals surface area contributed by atoms with E-state index in [1.165, 1.54) is 0 Å². The number of hydrogen-bond donors (Lipinski definition) is 1. The summed E-state index contributed by atoms with van der Waals surface area (Å²) in [5, 5.41) is 9.14. The maximum atomic E-state index is 12.7. The molecule has 1 aromatic carbocycles. The van der Waals surface area contributed by atoms with Gasteiger partial charge >= 0.3 is 5.97 Å². The van der Waals surface area contributed by atoms with Crippen molar-refractivity contribution in [2.75, 3.05) is 0 Å². The molecule has 29 heavy (non-hydrogen) atoms. The lowest BCUT2D eigenvalue weighted by Crippen LogP contribution is -2.25. The first-order chi connectivity index (χ1) is 13.6. The number of carbonyl (C=O) groups is 2. The number of nitrogens with zero attached hydrogens (tertiary/aromatic N) is 1. The minimum absolute atomic E-state index is 0.0438. The van der Waals surface area contributed by atoms with E-state index in [0.29, 0.717) is 23.2 Å². The predicted molar refractivity (Wildman–Crippen MR) is 110 cm³/mol. The average Bonchev–Trinajstić information content (AvgIpc) is 2.63. The molecular formula is C23H26N2O4. The van der Waals surface area contributed by atoms with E-state index in [1.54, 1.807) is 20.8 Å². The van der Waals surface area contributed by atoms with E-state index < -0.39 is 17.6 Å². The number of pyridine rings is 1. The van der Waals surface area contributed by atoms with E-state index in [4.69, 9.17) is 10.00 Å². The fraction of sp³-hybridized carbons (Fsp3) is 0.391. The number of H-pyrrole nitrogens is 1. The van der Waals surface area contributed by atoms with Crippen LogP contribution in [-0.4, -0.2) is 22.8 Å². The number of aryl methyl sites for hydroxylation is 4. The third kappa shape index (κ3) is 4.80. The number of ketones is 1. The summed E-state index contributed by atoms with van der Waals surface area (Å²) in [6.45, 7) is 10.8. The number of nitriles is 1. The van der Waals surface area contributed by atoms with E-state index in [0.717, 1.165) is 22.3 Å². The second-order valence-corrected chi connectivity index (χ2v) is 7.42. The molecule has 0 unspecified atom stereocenters. The second kappa shape index (κ2) is 8.87. The fourth-order valence-electron chi connectivity index (χ4n) is 3.40. The van der Waals surface area contributed by atoms with Crippen LogP contribution in [0.5, 0.6) is 0 Å². The molecule has 0 spiro atoms. The molecular weight excluding hydrogens is 368 g/mol. The average molecular weight is 394 g/mol. The first-order valence-corrected chi connectivity index (χ1v) is 9.50. The van der Waals surface area contributed by atoms with Crippen molar-refractivity contribution >= 4 is 11.8 Å². The molecule has 0 fully saturated rings. The number of hydrogen-bond acceptors (Lipinski definition) is 5. The normalized spacial score (nSPS) is 11.6. The second-order valence-electron chi connectivity index (χ2n) is 7.42. The largest absolute Gasteiger partial charge is 0.454 e. The summed E-state index contributed by atoms with van der Waals surface area (Å²) >= 11 is 0. The molecule has 1 N–H and O–H groups in total. The summed E-state index contributed by atoms with van der Waals surface area (Å²) in [5.41, 5.74) is 5.06. The molecule has 0 amide bonds. The van der Waals surface area contributed by atoms with Gasteiger partial charge in [0.25, 0.3) is 5.56 Å². The Balaban J connectivity index is 2.09. The van der Waals surface area contributed by atoms with E-state index in [9.17, 15) is 14.4 Å². The number of aromatic nitrogens is 1. The van der Waals surface area contributed by atoms with Crippen LogP contribution in [0.4, 0.5) is 0 Å². The number of benzene rings is 1. The summed E-state index contributed by atoms with van der Waals surface area (Å²) in [6.07, 6.45) is -0.538. The maximum absolute atomic E-state index is 12.7. The predicted octanol–water partition coefficient (Wildman–Crippen LogP) is 3.54. The van der Waals surface area contributed by atoms with E-state index >= 15 is 0 Å². The van der Waals surface area contributed by atoms with Gasteiger partial charge in [-0.25, -0.2) is 0 Å². The third-order valence-electron chi connectivity index (χ3n) is 5.28. The number of ether oxygens (including phenoxy) is 1. The molecule has 6 heteroatoms. The van der Waals surface area contributed by atoms with Gasteiger partial charge < -0.3 is 9.72 Å². The van der Waals surface area contributed by atoms with Gasteiger partial charge in [0.05, 0.1) is 0 Å². The van der Waals surface area contributed by atoms with Crippen LogP contribution in [0.2, 0.25) is 0 Å². The molecule has 2 aromatic rings. The van der Waals surface area contributed by atoms with Crippen molar-refractivity contribution < 1.29 is 14.3 Å². The molecule has 0 aliphatic rings. The van der Waals surface area contributed by atoms with Gasteiger partial charge in [-0.15, -0.1) is 0 Å². The van der Waals surface area contributed by atoms with E-state index in [-0.39, 0.29) is 17.8 Å². The van der Waals surface area contributed by atoms with Crippen LogP contribution >= 0.6 is 0 Å². The lowest BCUT2D eigenvalue weighted by Gasteiger charge is -2.16. The highest BCUT2D eigenvalue weighted by atomic mass is 16.5. The van der Waals surface area contributed by atoms with E-state index in [2.05, 4.69) is 4.98 Å². The molecule has 0 bridgehead atoms. The summed E-state index contributed by atoms with van der Waals surface area (Å²) in [7, 11) is 0. The Bertz CT molecular complexity index is 1070. The Labute approximate surface area is 170 Å². The Kier molecular flexibility index (Phi) is 6.76. The zero-order chi connectivity index (χ0) is 21.9. The van der Waals surface area contributed by atoms with Gasteiger partial charge in [-0.3, -0.25) is 14.4 Å². The van der Waals surface area contributed by atoms with Crippen molar-refractivity contribution in [3.05, 3.63) is 67.1 Å². The van der Waals surface area contributed by atoms with Crippen molar-refractivity contribution in [1.82, 2.24) is 4.98 Å².